The van der Waals surface area contributed by atoms with Crippen LogP contribution in [0.4, 0.5) is 0 Å². The van der Waals surface area contributed by atoms with E-state index in [1.165, 1.54) is 0 Å². The third-order valence-corrected chi connectivity index (χ3v) is 4.65. The number of nitrogens with one attached hydrogen (secondary N) is 1. The van der Waals surface area contributed by atoms with Crippen LogP contribution in [0.25, 0.3) is 5.69 Å². The maximum absolute atomic E-state index is 12.9. The number of methoxy groups -OCH3 is 1. The number of benzene rings is 2. The van der Waals surface area contributed by atoms with Crippen LogP contribution >= 0.6 is 0 Å². The number of ether oxygens (including phenoxy) is 1. The van der Waals surface area contributed by atoms with Crippen molar-refractivity contribution in [2.24, 2.45) is 0 Å². The number of aromatic nitrogens is 2. The Morgan fingerprint density at radius 1 is 1.22 bits per heavy atom. The van der Waals surface area contributed by atoms with Crippen LogP contribution in [0.5, 0.6) is 5.75 Å². The molecule has 140 valence electrons. The standard InChI is InChI=1S/C22H25N3O2/c1-5-20-19(14-23-25(20)17-9-7-6-8-10-17)22(26)24-16(3)18-13-15(2)11-12-21(18)27-4/h6-14,16H,5H2,1-4H3,(H,24,26). The van der Waals surface area contributed by atoms with E-state index >= 15 is 0 Å². The van der Waals surface area contributed by atoms with Gasteiger partial charge in [-0.25, -0.2) is 4.68 Å². The van der Waals surface area contributed by atoms with Gasteiger partial charge in [0.25, 0.3) is 5.91 Å². The largest absolute Gasteiger partial charge is 0.496 e. The summed E-state index contributed by atoms with van der Waals surface area (Å²) in [4.78, 5) is 12.9. The highest BCUT2D eigenvalue weighted by Crippen LogP contribution is 2.26. The summed E-state index contributed by atoms with van der Waals surface area (Å²) in [6.45, 7) is 6.01. The Labute approximate surface area is 160 Å². The van der Waals surface area contributed by atoms with Crippen molar-refractivity contribution in [1.29, 1.82) is 0 Å². The summed E-state index contributed by atoms with van der Waals surface area (Å²) in [5.74, 6) is 0.634. The lowest BCUT2D eigenvalue weighted by Crippen LogP contribution is -2.27. The maximum atomic E-state index is 12.9. The number of nitrogens with zero attached hydrogens (tertiary/aromatic N) is 2. The Hall–Kier alpha value is -3.08. The van der Waals surface area contributed by atoms with Crippen LogP contribution < -0.4 is 10.1 Å². The van der Waals surface area contributed by atoms with Crippen LogP contribution in [0.3, 0.4) is 0 Å². The predicted octanol–water partition coefficient (Wildman–Crippen LogP) is 4.24. The van der Waals surface area contributed by atoms with Crippen LogP contribution in [0.1, 0.15) is 47.1 Å². The smallest absolute Gasteiger partial charge is 0.255 e. The highest BCUT2D eigenvalue weighted by molar-refractivity contribution is 5.95. The van der Waals surface area contributed by atoms with Gasteiger partial charge in [-0.05, 0) is 38.5 Å². The predicted molar refractivity (Wildman–Crippen MR) is 107 cm³/mol. The lowest BCUT2D eigenvalue weighted by Gasteiger charge is -2.18. The van der Waals surface area contributed by atoms with Gasteiger partial charge in [0.05, 0.1) is 36.3 Å². The van der Waals surface area contributed by atoms with E-state index in [-0.39, 0.29) is 11.9 Å². The summed E-state index contributed by atoms with van der Waals surface area (Å²) >= 11 is 0. The molecule has 3 aromatic rings. The van der Waals surface area contributed by atoms with Crippen molar-refractivity contribution in [2.75, 3.05) is 7.11 Å². The number of hydrogen-bond acceptors (Lipinski definition) is 3. The molecule has 1 amide bonds. The lowest BCUT2D eigenvalue weighted by molar-refractivity contribution is 0.0938. The first-order chi connectivity index (χ1) is 13.0. The summed E-state index contributed by atoms with van der Waals surface area (Å²) in [6, 6.07) is 15.6. The SMILES string of the molecule is CCc1c(C(=O)NC(C)c2cc(C)ccc2OC)cnn1-c1ccccc1. The molecule has 0 aliphatic carbocycles. The van der Waals surface area contributed by atoms with E-state index in [1.54, 1.807) is 13.3 Å². The molecule has 0 aliphatic rings. The van der Waals surface area contributed by atoms with Crippen LogP contribution in [-0.4, -0.2) is 22.8 Å². The highest BCUT2D eigenvalue weighted by Gasteiger charge is 2.20. The van der Waals surface area contributed by atoms with Gasteiger partial charge < -0.3 is 10.1 Å². The molecule has 0 spiro atoms. The minimum atomic E-state index is -0.183. The Bertz CT molecular complexity index is 932. The van der Waals surface area contributed by atoms with E-state index in [4.69, 9.17) is 4.74 Å². The first-order valence-electron chi connectivity index (χ1n) is 9.12. The molecule has 2 aromatic carbocycles. The zero-order valence-electron chi connectivity index (χ0n) is 16.2. The molecule has 1 N–H and O–H groups in total. The van der Waals surface area contributed by atoms with Crippen molar-refractivity contribution in [3.8, 4) is 11.4 Å². The van der Waals surface area contributed by atoms with E-state index in [9.17, 15) is 4.79 Å². The number of carbonyl (C=O) groups is 1. The van der Waals surface area contributed by atoms with Gasteiger partial charge in [-0.3, -0.25) is 4.79 Å². The van der Waals surface area contributed by atoms with Crippen molar-refractivity contribution < 1.29 is 9.53 Å². The summed E-state index contributed by atoms with van der Waals surface area (Å²) < 4.78 is 7.27. The summed E-state index contributed by atoms with van der Waals surface area (Å²) in [5, 5.41) is 7.52. The first-order valence-corrected chi connectivity index (χ1v) is 9.12. The second-order valence-corrected chi connectivity index (χ2v) is 6.55. The summed E-state index contributed by atoms with van der Waals surface area (Å²) in [6.07, 6.45) is 2.35. The van der Waals surface area contributed by atoms with Crippen LogP contribution in [0.2, 0.25) is 0 Å². The van der Waals surface area contributed by atoms with Gasteiger partial charge in [0.1, 0.15) is 5.75 Å². The molecule has 0 bridgehead atoms. The van der Waals surface area contributed by atoms with Crippen molar-refractivity contribution in [1.82, 2.24) is 15.1 Å². The van der Waals surface area contributed by atoms with Gasteiger partial charge in [0.15, 0.2) is 0 Å². The summed E-state index contributed by atoms with van der Waals surface area (Å²) in [7, 11) is 1.64. The van der Waals surface area contributed by atoms with E-state index < -0.39 is 0 Å². The third kappa shape index (κ3) is 3.87. The quantitative estimate of drug-likeness (QED) is 0.712. The zero-order chi connectivity index (χ0) is 19.4. The molecular formula is C22H25N3O2. The van der Waals surface area contributed by atoms with Gasteiger partial charge in [-0.1, -0.05) is 42.8 Å². The number of carbonyl (C=O) groups excluding carboxylic acids is 1. The fraction of sp³-hybridized carbons (Fsp3) is 0.273. The lowest BCUT2D eigenvalue weighted by atomic mass is 10.0. The van der Waals surface area contributed by atoms with E-state index in [2.05, 4.69) is 10.4 Å². The molecule has 0 radical (unpaired) electrons. The summed E-state index contributed by atoms with van der Waals surface area (Å²) in [5.41, 5.74) is 4.51. The van der Waals surface area contributed by atoms with Crippen LogP contribution in [0, 0.1) is 6.92 Å². The van der Waals surface area contributed by atoms with Crippen LogP contribution in [-0.2, 0) is 6.42 Å². The average molecular weight is 363 g/mol. The molecule has 1 atom stereocenters. The molecular weight excluding hydrogens is 338 g/mol. The fourth-order valence-corrected chi connectivity index (χ4v) is 3.24. The molecule has 0 fully saturated rings. The molecule has 0 saturated heterocycles. The Morgan fingerprint density at radius 3 is 2.63 bits per heavy atom. The third-order valence-electron chi connectivity index (χ3n) is 4.65. The number of amides is 1. The van der Waals surface area contributed by atoms with Gasteiger partial charge in [0, 0.05) is 5.56 Å². The second kappa shape index (κ2) is 8.08. The number of rotatable bonds is 6. The molecule has 1 unspecified atom stereocenters. The number of aryl methyl sites for hydroxylation is 1. The molecule has 27 heavy (non-hydrogen) atoms. The monoisotopic (exact) mass is 363 g/mol. The molecule has 3 rings (SSSR count). The van der Waals surface area contributed by atoms with Gasteiger partial charge in [-0.15, -0.1) is 0 Å². The molecule has 5 nitrogen and oxygen atoms in total. The van der Waals surface area contributed by atoms with Gasteiger partial charge >= 0.3 is 0 Å². The normalized spacial score (nSPS) is 11.9. The number of para-hydroxylation sites is 1. The highest BCUT2D eigenvalue weighted by atomic mass is 16.5. The minimum absolute atomic E-state index is 0.134. The molecule has 0 saturated carbocycles. The topological polar surface area (TPSA) is 56.1 Å². The molecule has 1 heterocycles. The first kappa shape index (κ1) is 18.7. The Balaban J connectivity index is 1.87. The maximum Gasteiger partial charge on any atom is 0.255 e. The van der Waals surface area contributed by atoms with Crippen LogP contribution in [0.15, 0.2) is 54.7 Å². The van der Waals surface area contributed by atoms with Crippen molar-refractivity contribution >= 4 is 5.91 Å². The van der Waals surface area contributed by atoms with E-state index in [0.717, 1.165) is 28.3 Å². The molecule has 5 heteroatoms. The average Bonchev–Trinajstić information content (AvgIpc) is 3.12. The van der Waals surface area contributed by atoms with Crippen molar-refractivity contribution in [2.45, 2.75) is 33.2 Å². The minimum Gasteiger partial charge on any atom is -0.496 e. The van der Waals surface area contributed by atoms with E-state index in [0.29, 0.717) is 12.0 Å². The van der Waals surface area contributed by atoms with Crippen molar-refractivity contribution in [3.05, 3.63) is 77.1 Å². The second-order valence-electron chi connectivity index (χ2n) is 6.55. The zero-order valence-corrected chi connectivity index (χ0v) is 16.2. The van der Waals surface area contributed by atoms with Gasteiger partial charge in [0.2, 0.25) is 0 Å². The van der Waals surface area contributed by atoms with Crippen molar-refractivity contribution in [3.63, 3.8) is 0 Å². The fourth-order valence-electron chi connectivity index (χ4n) is 3.24. The van der Waals surface area contributed by atoms with Gasteiger partial charge in [-0.2, -0.15) is 5.10 Å². The molecule has 1 aromatic heterocycles. The van der Waals surface area contributed by atoms with E-state index in [1.807, 2.05) is 74.0 Å². The number of hydrogen-bond donors (Lipinski definition) is 1. The Morgan fingerprint density at radius 2 is 1.96 bits per heavy atom. The Kier molecular flexibility index (Phi) is 5.60. The molecule has 0 aliphatic heterocycles.